The molecule has 134 valence electrons. The fourth-order valence-corrected chi connectivity index (χ4v) is 2.83. The lowest BCUT2D eigenvalue weighted by molar-refractivity contribution is 0.123. The Labute approximate surface area is 144 Å². The van der Waals surface area contributed by atoms with Crippen molar-refractivity contribution in [2.75, 3.05) is 54.1 Å². The van der Waals surface area contributed by atoms with Crippen molar-refractivity contribution in [2.24, 2.45) is 10.9 Å². The van der Waals surface area contributed by atoms with E-state index in [4.69, 9.17) is 14.2 Å². The highest BCUT2D eigenvalue weighted by molar-refractivity contribution is 5.79. The first-order chi connectivity index (χ1) is 11.7. The fraction of sp³-hybridized carbons (Fsp3) is 0.611. The molecule has 1 aliphatic heterocycles. The quantitative estimate of drug-likeness (QED) is 0.446. The minimum absolute atomic E-state index is 0.541. The van der Waals surface area contributed by atoms with Crippen LogP contribution in [0.3, 0.4) is 0 Å². The van der Waals surface area contributed by atoms with E-state index in [-0.39, 0.29) is 0 Å². The molecule has 1 N–H and O–H groups in total. The van der Waals surface area contributed by atoms with Crippen molar-refractivity contribution in [2.45, 2.75) is 13.0 Å². The van der Waals surface area contributed by atoms with Gasteiger partial charge in [0, 0.05) is 45.3 Å². The van der Waals surface area contributed by atoms with Gasteiger partial charge in [0.25, 0.3) is 0 Å². The molecule has 0 radical (unpaired) electrons. The lowest BCUT2D eigenvalue weighted by atomic mass is 10.1. The van der Waals surface area contributed by atoms with Gasteiger partial charge in [-0.05, 0) is 12.5 Å². The second-order valence-electron chi connectivity index (χ2n) is 5.95. The van der Waals surface area contributed by atoms with Gasteiger partial charge in [-0.2, -0.15) is 0 Å². The van der Waals surface area contributed by atoms with Gasteiger partial charge in [0.15, 0.2) is 5.96 Å². The van der Waals surface area contributed by atoms with E-state index < -0.39 is 0 Å². The van der Waals surface area contributed by atoms with Crippen LogP contribution in [0.2, 0.25) is 0 Å². The molecule has 6 nitrogen and oxygen atoms in total. The minimum Gasteiger partial charge on any atom is -0.496 e. The SMILES string of the molecule is CN=C(NCCOCc1ccccc1OC)N(C)CC1CCOC1. The molecule has 1 aromatic carbocycles. The summed E-state index contributed by atoms with van der Waals surface area (Å²) in [5, 5.41) is 3.34. The van der Waals surface area contributed by atoms with Crippen LogP contribution in [0.25, 0.3) is 0 Å². The molecule has 1 aromatic rings. The number of hydrogen-bond acceptors (Lipinski definition) is 4. The second-order valence-corrected chi connectivity index (χ2v) is 5.95. The molecule has 24 heavy (non-hydrogen) atoms. The lowest BCUT2D eigenvalue weighted by Crippen LogP contribution is -2.42. The maximum Gasteiger partial charge on any atom is 0.193 e. The standard InChI is InChI=1S/C18H29N3O3/c1-19-18(21(2)12-15-8-10-23-13-15)20-9-11-24-14-16-6-4-5-7-17(16)22-3/h4-7,15H,8-14H2,1-3H3,(H,19,20). The van der Waals surface area contributed by atoms with Gasteiger partial charge in [-0.25, -0.2) is 0 Å². The maximum absolute atomic E-state index is 5.73. The molecule has 0 bridgehead atoms. The van der Waals surface area contributed by atoms with E-state index in [2.05, 4.69) is 22.3 Å². The van der Waals surface area contributed by atoms with Gasteiger partial charge in [0.1, 0.15) is 5.75 Å². The van der Waals surface area contributed by atoms with Gasteiger partial charge in [-0.3, -0.25) is 4.99 Å². The number of rotatable bonds is 8. The molecule has 1 heterocycles. The molecule has 0 amide bonds. The van der Waals surface area contributed by atoms with Gasteiger partial charge >= 0.3 is 0 Å². The van der Waals surface area contributed by atoms with E-state index >= 15 is 0 Å². The van der Waals surface area contributed by atoms with Crippen molar-refractivity contribution < 1.29 is 14.2 Å². The van der Waals surface area contributed by atoms with Gasteiger partial charge in [-0.15, -0.1) is 0 Å². The number of nitrogens with zero attached hydrogens (tertiary/aromatic N) is 2. The highest BCUT2D eigenvalue weighted by Gasteiger charge is 2.18. The van der Waals surface area contributed by atoms with Crippen LogP contribution in [-0.2, 0) is 16.1 Å². The number of benzene rings is 1. The van der Waals surface area contributed by atoms with E-state index in [0.717, 1.165) is 43.5 Å². The number of guanidine groups is 1. The minimum atomic E-state index is 0.541. The van der Waals surface area contributed by atoms with Crippen molar-refractivity contribution in [3.8, 4) is 5.75 Å². The Hall–Kier alpha value is -1.79. The number of methoxy groups -OCH3 is 1. The van der Waals surface area contributed by atoms with Crippen LogP contribution in [0.5, 0.6) is 5.75 Å². The van der Waals surface area contributed by atoms with Crippen LogP contribution in [0, 0.1) is 5.92 Å². The molecule has 0 spiro atoms. The van der Waals surface area contributed by atoms with Crippen molar-refractivity contribution in [3.63, 3.8) is 0 Å². The summed E-state index contributed by atoms with van der Waals surface area (Å²) in [6.45, 7) is 4.55. The first kappa shape index (κ1) is 18.5. The van der Waals surface area contributed by atoms with Gasteiger partial charge in [0.2, 0.25) is 0 Å². The number of nitrogens with one attached hydrogen (secondary N) is 1. The summed E-state index contributed by atoms with van der Waals surface area (Å²) in [7, 11) is 5.54. The Morgan fingerprint density at radius 1 is 1.42 bits per heavy atom. The molecule has 1 atom stereocenters. The molecule has 1 fully saturated rings. The third-order valence-corrected chi connectivity index (χ3v) is 4.11. The molecule has 1 aliphatic rings. The molecule has 2 rings (SSSR count). The summed E-state index contributed by atoms with van der Waals surface area (Å²) >= 11 is 0. The number of aliphatic imine (C=N–C) groups is 1. The van der Waals surface area contributed by atoms with Crippen LogP contribution in [0.15, 0.2) is 29.3 Å². The second kappa shape index (κ2) is 10.2. The van der Waals surface area contributed by atoms with Crippen LogP contribution < -0.4 is 10.1 Å². The average molecular weight is 335 g/mol. The summed E-state index contributed by atoms with van der Waals surface area (Å²) in [4.78, 5) is 6.48. The van der Waals surface area contributed by atoms with Crippen molar-refractivity contribution in [1.29, 1.82) is 0 Å². The Bertz CT molecular complexity index is 516. The molecule has 0 aromatic heterocycles. The van der Waals surface area contributed by atoms with E-state index in [9.17, 15) is 0 Å². The predicted octanol–water partition coefficient (Wildman–Crippen LogP) is 1.76. The molecule has 1 unspecified atom stereocenters. The zero-order valence-electron chi connectivity index (χ0n) is 15.0. The van der Waals surface area contributed by atoms with Gasteiger partial charge in [0.05, 0.1) is 26.9 Å². The summed E-state index contributed by atoms with van der Waals surface area (Å²) < 4.78 is 16.5. The molecular weight excluding hydrogens is 306 g/mol. The number of hydrogen-bond donors (Lipinski definition) is 1. The Morgan fingerprint density at radius 3 is 2.96 bits per heavy atom. The first-order valence-electron chi connectivity index (χ1n) is 8.43. The predicted molar refractivity (Wildman–Crippen MR) is 95.6 cm³/mol. The Morgan fingerprint density at radius 2 is 2.25 bits per heavy atom. The highest BCUT2D eigenvalue weighted by Crippen LogP contribution is 2.17. The number of ether oxygens (including phenoxy) is 3. The third kappa shape index (κ3) is 5.69. The average Bonchev–Trinajstić information content (AvgIpc) is 3.11. The van der Waals surface area contributed by atoms with E-state index in [1.165, 1.54) is 0 Å². The smallest absolute Gasteiger partial charge is 0.193 e. The van der Waals surface area contributed by atoms with Crippen LogP contribution in [0.4, 0.5) is 0 Å². The van der Waals surface area contributed by atoms with Crippen molar-refractivity contribution in [1.82, 2.24) is 10.2 Å². The topological polar surface area (TPSA) is 55.3 Å². The fourth-order valence-electron chi connectivity index (χ4n) is 2.83. The van der Waals surface area contributed by atoms with E-state index in [1.807, 2.05) is 24.3 Å². The van der Waals surface area contributed by atoms with E-state index in [1.54, 1.807) is 14.2 Å². The lowest BCUT2D eigenvalue weighted by Gasteiger charge is -2.24. The highest BCUT2D eigenvalue weighted by atomic mass is 16.5. The number of para-hydroxylation sites is 1. The van der Waals surface area contributed by atoms with Gasteiger partial charge < -0.3 is 24.4 Å². The largest absolute Gasteiger partial charge is 0.496 e. The van der Waals surface area contributed by atoms with Crippen molar-refractivity contribution in [3.05, 3.63) is 29.8 Å². The van der Waals surface area contributed by atoms with E-state index in [0.29, 0.717) is 25.7 Å². The third-order valence-electron chi connectivity index (χ3n) is 4.11. The summed E-state index contributed by atoms with van der Waals surface area (Å²) in [5.74, 6) is 2.35. The summed E-state index contributed by atoms with van der Waals surface area (Å²) in [6, 6.07) is 7.91. The van der Waals surface area contributed by atoms with Crippen LogP contribution >= 0.6 is 0 Å². The molecule has 1 saturated heterocycles. The summed E-state index contributed by atoms with van der Waals surface area (Å²) in [5.41, 5.74) is 1.06. The van der Waals surface area contributed by atoms with Crippen molar-refractivity contribution >= 4 is 5.96 Å². The van der Waals surface area contributed by atoms with Crippen LogP contribution in [0.1, 0.15) is 12.0 Å². The zero-order chi connectivity index (χ0) is 17.2. The molecule has 0 saturated carbocycles. The Kier molecular flexibility index (Phi) is 7.85. The molecular formula is C18H29N3O3. The molecule has 0 aliphatic carbocycles. The summed E-state index contributed by atoms with van der Waals surface area (Å²) in [6.07, 6.45) is 1.13. The maximum atomic E-state index is 5.73. The molecule has 6 heteroatoms. The van der Waals surface area contributed by atoms with Crippen LogP contribution in [-0.4, -0.2) is 65.0 Å². The normalized spacial score (nSPS) is 17.8. The van der Waals surface area contributed by atoms with Gasteiger partial charge in [-0.1, -0.05) is 18.2 Å². The monoisotopic (exact) mass is 335 g/mol. The first-order valence-corrected chi connectivity index (χ1v) is 8.43. The zero-order valence-corrected chi connectivity index (χ0v) is 15.0. The Balaban J connectivity index is 1.66.